The Kier molecular flexibility index (Phi) is 5.61. The van der Waals surface area contributed by atoms with Crippen molar-refractivity contribution in [3.63, 3.8) is 0 Å². The lowest BCUT2D eigenvalue weighted by Gasteiger charge is -2.28. The Morgan fingerprint density at radius 2 is 2.08 bits per heavy atom. The summed E-state index contributed by atoms with van der Waals surface area (Å²) in [6, 6.07) is 8.30. The molecule has 0 bridgehead atoms. The number of aryl methyl sites for hydroxylation is 1. The molecule has 1 aromatic heterocycles. The Labute approximate surface area is 146 Å². The van der Waals surface area contributed by atoms with Gasteiger partial charge < -0.3 is 15.0 Å². The van der Waals surface area contributed by atoms with Crippen molar-refractivity contribution in [2.45, 2.75) is 13.5 Å². The molecule has 0 spiro atoms. The standard InChI is InChI=1S/C18H21N3O2S/c1-14-20-16(13-24-14)4-7-18(22)19-12-15-2-5-17(6-3-15)21-8-10-23-11-9-21/h2-7,13H,8-12H2,1H3,(H,19,22)/b7-4+. The fourth-order valence-electron chi connectivity index (χ4n) is 2.51. The lowest BCUT2D eigenvalue weighted by Crippen LogP contribution is -2.36. The van der Waals surface area contributed by atoms with Crippen LogP contribution in [0.5, 0.6) is 0 Å². The number of anilines is 1. The number of amides is 1. The van der Waals surface area contributed by atoms with Gasteiger partial charge in [-0.3, -0.25) is 4.79 Å². The van der Waals surface area contributed by atoms with Crippen LogP contribution in [0, 0.1) is 6.92 Å². The van der Waals surface area contributed by atoms with Crippen LogP contribution in [0.1, 0.15) is 16.3 Å². The Hall–Kier alpha value is -2.18. The molecule has 2 heterocycles. The minimum Gasteiger partial charge on any atom is -0.378 e. The monoisotopic (exact) mass is 343 g/mol. The third-order valence-electron chi connectivity index (χ3n) is 3.82. The summed E-state index contributed by atoms with van der Waals surface area (Å²) in [5.74, 6) is -0.113. The predicted molar refractivity (Wildman–Crippen MR) is 97.2 cm³/mol. The smallest absolute Gasteiger partial charge is 0.244 e. The van der Waals surface area contributed by atoms with Gasteiger partial charge in [0.05, 0.1) is 23.9 Å². The number of nitrogens with zero attached hydrogens (tertiary/aromatic N) is 2. The number of hydrogen-bond acceptors (Lipinski definition) is 5. The van der Waals surface area contributed by atoms with Crippen molar-refractivity contribution < 1.29 is 9.53 Å². The molecule has 6 heteroatoms. The fourth-order valence-corrected chi connectivity index (χ4v) is 3.09. The van der Waals surface area contributed by atoms with Crippen LogP contribution >= 0.6 is 11.3 Å². The summed E-state index contributed by atoms with van der Waals surface area (Å²) in [5, 5.41) is 5.82. The summed E-state index contributed by atoms with van der Waals surface area (Å²) in [5.41, 5.74) is 3.10. The Morgan fingerprint density at radius 3 is 2.75 bits per heavy atom. The molecular weight excluding hydrogens is 322 g/mol. The quantitative estimate of drug-likeness (QED) is 0.848. The van der Waals surface area contributed by atoms with E-state index in [0.717, 1.165) is 42.6 Å². The van der Waals surface area contributed by atoms with Crippen LogP contribution in [0.25, 0.3) is 6.08 Å². The van der Waals surface area contributed by atoms with Gasteiger partial charge in [-0.25, -0.2) is 4.98 Å². The molecule has 1 aliphatic heterocycles. The molecule has 0 radical (unpaired) electrons. The van der Waals surface area contributed by atoms with E-state index in [1.807, 2.05) is 12.3 Å². The first-order valence-corrected chi connectivity index (χ1v) is 8.88. The Balaban J connectivity index is 1.49. The van der Waals surface area contributed by atoms with Crippen LogP contribution in [0.2, 0.25) is 0 Å². The minimum atomic E-state index is -0.113. The van der Waals surface area contributed by atoms with Crippen LogP contribution in [0.3, 0.4) is 0 Å². The molecule has 24 heavy (non-hydrogen) atoms. The zero-order valence-electron chi connectivity index (χ0n) is 13.7. The van der Waals surface area contributed by atoms with E-state index >= 15 is 0 Å². The number of thiazole rings is 1. The largest absolute Gasteiger partial charge is 0.378 e. The third kappa shape index (κ3) is 4.66. The highest BCUT2D eigenvalue weighted by atomic mass is 32.1. The first-order chi connectivity index (χ1) is 11.7. The van der Waals surface area contributed by atoms with E-state index in [2.05, 4.69) is 39.5 Å². The highest BCUT2D eigenvalue weighted by molar-refractivity contribution is 7.09. The summed E-state index contributed by atoms with van der Waals surface area (Å²) in [4.78, 5) is 18.5. The molecule has 0 aliphatic carbocycles. The van der Waals surface area contributed by atoms with Crippen LogP contribution in [-0.4, -0.2) is 37.2 Å². The molecular formula is C18H21N3O2S. The number of carbonyl (C=O) groups excluding carboxylic acids is 1. The minimum absolute atomic E-state index is 0.113. The average Bonchev–Trinajstić information content (AvgIpc) is 3.05. The first kappa shape index (κ1) is 16.7. The van der Waals surface area contributed by atoms with Gasteiger partial charge in [-0.05, 0) is 30.7 Å². The molecule has 1 aromatic carbocycles. The zero-order chi connectivity index (χ0) is 16.8. The molecule has 3 rings (SSSR count). The van der Waals surface area contributed by atoms with Crippen molar-refractivity contribution >= 4 is 29.0 Å². The second-order valence-electron chi connectivity index (χ2n) is 5.61. The highest BCUT2D eigenvalue weighted by Gasteiger charge is 2.10. The van der Waals surface area contributed by atoms with Crippen molar-refractivity contribution in [2.24, 2.45) is 0 Å². The van der Waals surface area contributed by atoms with E-state index in [-0.39, 0.29) is 5.91 Å². The topological polar surface area (TPSA) is 54.5 Å². The van der Waals surface area contributed by atoms with E-state index in [1.165, 1.54) is 11.8 Å². The highest BCUT2D eigenvalue weighted by Crippen LogP contribution is 2.16. The van der Waals surface area contributed by atoms with E-state index in [9.17, 15) is 4.79 Å². The molecule has 0 unspecified atom stereocenters. The maximum absolute atomic E-state index is 11.9. The van der Waals surface area contributed by atoms with Crippen molar-refractivity contribution in [1.29, 1.82) is 0 Å². The average molecular weight is 343 g/mol. The molecule has 0 saturated carbocycles. The van der Waals surface area contributed by atoms with Gasteiger partial charge in [-0.15, -0.1) is 11.3 Å². The second kappa shape index (κ2) is 8.08. The van der Waals surface area contributed by atoms with Crippen LogP contribution in [0.4, 0.5) is 5.69 Å². The number of ether oxygens (including phenoxy) is 1. The maximum Gasteiger partial charge on any atom is 0.244 e. The number of carbonyl (C=O) groups is 1. The molecule has 5 nitrogen and oxygen atoms in total. The van der Waals surface area contributed by atoms with E-state index in [4.69, 9.17) is 4.74 Å². The van der Waals surface area contributed by atoms with Crippen LogP contribution < -0.4 is 10.2 Å². The predicted octanol–water partition coefficient (Wildman–Crippen LogP) is 2.62. The molecule has 0 atom stereocenters. The SMILES string of the molecule is Cc1nc(/C=C/C(=O)NCc2ccc(N3CCOCC3)cc2)cs1. The molecule has 1 amide bonds. The van der Waals surface area contributed by atoms with Gasteiger partial charge in [0.15, 0.2) is 0 Å². The number of morpholine rings is 1. The van der Waals surface area contributed by atoms with Gasteiger partial charge in [-0.1, -0.05) is 12.1 Å². The van der Waals surface area contributed by atoms with Crippen LogP contribution in [-0.2, 0) is 16.1 Å². The molecule has 2 aromatic rings. The molecule has 1 fully saturated rings. The van der Waals surface area contributed by atoms with E-state index in [1.54, 1.807) is 17.4 Å². The zero-order valence-corrected chi connectivity index (χ0v) is 14.5. The second-order valence-corrected chi connectivity index (χ2v) is 6.67. The molecule has 1 aliphatic rings. The summed E-state index contributed by atoms with van der Waals surface area (Å²) >= 11 is 1.57. The molecule has 126 valence electrons. The van der Waals surface area contributed by atoms with Crippen molar-refractivity contribution in [1.82, 2.24) is 10.3 Å². The Bertz CT molecular complexity index is 703. The summed E-state index contributed by atoms with van der Waals surface area (Å²) in [6.45, 7) is 5.88. The van der Waals surface area contributed by atoms with Crippen molar-refractivity contribution in [3.05, 3.63) is 52.0 Å². The van der Waals surface area contributed by atoms with Crippen LogP contribution in [0.15, 0.2) is 35.7 Å². The lowest BCUT2D eigenvalue weighted by molar-refractivity contribution is -0.116. The first-order valence-electron chi connectivity index (χ1n) is 8.00. The van der Waals surface area contributed by atoms with Gasteiger partial charge in [0, 0.05) is 36.8 Å². The number of benzene rings is 1. The number of hydrogen-bond donors (Lipinski definition) is 1. The molecule has 1 saturated heterocycles. The third-order valence-corrected chi connectivity index (χ3v) is 4.61. The number of aromatic nitrogens is 1. The molecule has 1 N–H and O–H groups in total. The normalized spacial score (nSPS) is 15.0. The van der Waals surface area contributed by atoms with Gasteiger partial charge in [0.1, 0.15) is 0 Å². The number of nitrogens with one attached hydrogen (secondary N) is 1. The van der Waals surface area contributed by atoms with E-state index < -0.39 is 0 Å². The van der Waals surface area contributed by atoms with Gasteiger partial charge >= 0.3 is 0 Å². The van der Waals surface area contributed by atoms with E-state index in [0.29, 0.717) is 6.54 Å². The van der Waals surface area contributed by atoms with Gasteiger partial charge in [0.25, 0.3) is 0 Å². The number of rotatable bonds is 5. The summed E-state index contributed by atoms with van der Waals surface area (Å²) in [6.07, 6.45) is 3.26. The Morgan fingerprint density at radius 1 is 1.33 bits per heavy atom. The van der Waals surface area contributed by atoms with Gasteiger partial charge in [-0.2, -0.15) is 0 Å². The summed E-state index contributed by atoms with van der Waals surface area (Å²) in [7, 11) is 0. The van der Waals surface area contributed by atoms with Gasteiger partial charge in [0.2, 0.25) is 5.91 Å². The lowest BCUT2D eigenvalue weighted by atomic mass is 10.2. The van der Waals surface area contributed by atoms with Crippen molar-refractivity contribution in [2.75, 3.05) is 31.2 Å². The summed E-state index contributed by atoms with van der Waals surface area (Å²) < 4.78 is 5.37. The van der Waals surface area contributed by atoms with Crippen molar-refractivity contribution in [3.8, 4) is 0 Å². The maximum atomic E-state index is 11.9. The fraction of sp³-hybridized carbons (Fsp3) is 0.333.